The zero-order valence-corrected chi connectivity index (χ0v) is 17.2. The summed E-state index contributed by atoms with van der Waals surface area (Å²) in [5.74, 6) is 0. The normalized spacial score (nSPS) is 13.3. The molecule has 0 spiro atoms. The first-order chi connectivity index (χ1) is 11.1. The van der Waals surface area contributed by atoms with Crippen LogP contribution in [0.4, 0.5) is 0 Å². The molecule has 3 rings (SSSR count). The van der Waals surface area contributed by atoms with Crippen molar-refractivity contribution in [3.63, 3.8) is 0 Å². The SMILES string of the molecule is [2H]c1cnc2c(n1)[c]([Sn]([CH3])([CH3])[CH3])cn2S(=O)(=O)c1ccc(C)cc1. The van der Waals surface area contributed by atoms with Crippen LogP contribution in [-0.2, 0) is 10.0 Å². The van der Waals surface area contributed by atoms with Gasteiger partial charge in [-0.3, -0.25) is 0 Å². The molecule has 3 aromatic rings. The van der Waals surface area contributed by atoms with Gasteiger partial charge in [-0.25, -0.2) is 0 Å². The molecule has 0 saturated heterocycles. The molecule has 0 aliphatic heterocycles. The van der Waals surface area contributed by atoms with Crippen molar-refractivity contribution in [1.82, 2.24) is 13.9 Å². The standard InChI is InChI=1S/C13H10N3O2S.3CH3.Sn/c1-10-2-4-11(5-3-10)19(17,18)16-9-6-12-13(16)15-8-7-14-12;;;;/h2-5,7-9H,1H3;3*1H3;/i7D;;;;. The molecule has 0 saturated carbocycles. The van der Waals surface area contributed by atoms with Crippen LogP contribution in [0, 0.1) is 6.92 Å². The predicted octanol–water partition coefficient (Wildman–Crippen LogP) is 2.52. The number of hydrogen-bond acceptors (Lipinski definition) is 4. The van der Waals surface area contributed by atoms with Crippen LogP contribution in [0.2, 0.25) is 14.8 Å². The number of nitrogens with zero attached hydrogens (tertiary/aromatic N) is 3. The van der Waals surface area contributed by atoms with E-state index in [9.17, 15) is 8.42 Å². The summed E-state index contributed by atoms with van der Waals surface area (Å²) in [7, 11) is -3.75. The molecule has 0 aliphatic rings. The summed E-state index contributed by atoms with van der Waals surface area (Å²) in [6.07, 6.45) is 2.99. The van der Waals surface area contributed by atoms with Crippen molar-refractivity contribution in [3.05, 3.63) is 48.4 Å². The van der Waals surface area contributed by atoms with Crippen molar-refractivity contribution in [2.45, 2.75) is 26.6 Å². The molecule has 1 aromatic carbocycles. The average Bonchev–Trinajstić information content (AvgIpc) is 2.87. The van der Waals surface area contributed by atoms with Crippen LogP contribution >= 0.6 is 0 Å². The fraction of sp³-hybridized carbons (Fsp3) is 0.250. The maximum atomic E-state index is 13.1. The third-order valence-electron chi connectivity index (χ3n) is 3.73. The Bertz CT molecular complexity index is 1020. The zero-order valence-electron chi connectivity index (χ0n) is 14.5. The van der Waals surface area contributed by atoms with Crippen molar-refractivity contribution < 1.29 is 9.79 Å². The van der Waals surface area contributed by atoms with Gasteiger partial charge in [-0.2, -0.15) is 0 Å². The van der Waals surface area contributed by atoms with Gasteiger partial charge >= 0.3 is 142 Å². The number of benzene rings is 1. The second kappa shape index (κ2) is 5.59. The Morgan fingerprint density at radius 2 is 1.78 bits per heavy atom. The Morgan fingerprint density at radius 3 is 2.39 bits per heavy atom. The molecule has 23 heavy (non-hydrogen) atoms. The van der Waals surface area contributed by atoms with Gasteiger partial charge in [-0.05, 0) is 0 Å². The summed E-state index contributed by atoms with van der Waals surface area (Å²) in [5.41, 5.74) is 1.84. The second-order valence-electron chi connectivity index (χ2n) is 6.58. The maximum absolute atomic E-state index is 13.1. The van der Waals surface area contributed by atoms with Gasteiger partial charge in [0.1, 0.15) is 0 Å². The number of hydrogen-bond donors (Lipinski definition) is 0. The van der Waals surface area contributed by atoms with Crippen molar-refractivity contribution >= 4 is 43.1 Å². The molecule has 120 valence electrons. The topological polar surface area (TPSA) is 64.8 Å². The van der Waals surface area contributed by atoms with Gasteiger partial charge in [0, 0.05) is 0 Å². The fourth-order valence-corrected chi connectivity index (χ4v) is 7.99. The fourth-order valence-electron chi connectivity index (χ4n) is 2.43. The monoisotopic (exact) mass is 438 g/mol. The minimum absolute atomic E-state index is 0.0461. The van der Waals surface area contributed by atoms with Crippen LogP contribution in [0.25, 0.3) is 11.2 Å². The summed E-state index contributed by atoms with van der Waals surface area (Å²) in [4.78, 5) is 15.2. The first-order valence-corrected chi connectivity index (χ1v) is 18.7. The molecule has 0 N–H and O–H groups in total. The van der Waals surface area contributed by atoms with E-state index in [2.05, 4.69) is 24.8 Å². The van der Waals surface area contributed by atoms with Gasteiger partial charge in [0.2, 0.25) is 0 Å². The summed E-state index contributed by atoms with van der Waals surface area (Å²) >= 11 is -2.65. The van der Waals surface area contributed by atoms with Gasteiger partial charge in [0.25, 0.3) is 0 Å². The van der Waals surface area contributed by atoms with Gasteiger partial charge < -0.3 is 0 Å². The van der Waals surface area contributed by atoms with Gasteiger partial charge in [0.15, 0.2) is 0 Å². The Morgan fingerprint density at radius 1 is 1.13 bits per heavy atom. The minimum atomic E-state index is -3.75. The van der Waals surface area contributed by atoms with E-state index in [-0.39, 0.29) is 11.1 Å². The summed E-state index contributed by atoms with van der Waals surface area (Å²) in [6.45, 7) is 1.91. The molecular weight excluding hydrogens is 417 g/mol. The van der Waals surface area contributed by atoms with E-state index < -0.39 is 28.4 Å². The summed E-state index contributed by atoms with van der Waals surface area (Å²) in [5, 5.41) is 0. The van der Waals surface area contributed by atoms with Crippen molar-refractivity contribution in [2.24, 2.45) is 0 Å². The Labute approximate surface area is 141 Å². The average molecular weight is 437 g/mol. The number of aromatic nitrogens is 3. The first-order valence-electron chi connectivity index (χ1n) is 7.78. The molecule has 0 bridgehead atoms. The van der Waals surface area contributed by atoms with Crippen LogP contribution in [0.1, 0.15) is 6.93 Å². The van der Waals surface area contributed by atoms with Crippen LogP contribution in [0.15, 0.2) is 47.7 Å². The Balaban J connectivity index is 2.32. The van der Waals surface area contributed by atoms with E-state index >= 15 is 0 Å². The summed E-state index contributed by atoms with van der Waals surface area (Å²) in [6, 6.07) is 6.75. The van der Waals surface area contributed by atoms with E-state index in [0.29, 0.717) is 11.2 Å². The predicted molar refractivity (Wildman–Crippen MR) is 94.3 cm³/mol. The van der Waals surface area contributed by atoms with Crippen molar-refractivity contribution in [3.8, 4) is 0 Å². The molecular formula is C16H19N3O2SSn. The molecule has 0 fully saturated rings. The van der Waals surface area contributed by atoms with Crippen LogP contribution < -0.4 is 3.58 Å². The molecule has 7 heteroatoms. The molecule has 5 nitrogen and oxygen atoms in total. The number of rotatable bonds is 3. The number of fused-ring (bicyclic) bond motifs is 1. The summed E-state index contributed by atoms with van der Waals surface area (Å²) < 4.78 is 36.0. The van der Waals surface area contributed by atoms with E-state index in [1.54, 1.807) is 30.5 Å². The third-order valence-corrected chi connectivity index (χ3v) is 11.0. The quantitative estimate of drug-likeness (QED) is 0.591. The van der Waals surface area contributed by atoms with E-state index in [1.165, 1.54) is 10.2 Å². The van der Waals surface area contributed by atoms with E-state index in [0.717, 1.165) is 9.14 Å². The Kier molecular flexibility index (Phi) is 3.68. The van der Waals surface area contributed by atoms with Crippen molar-refractivity contribution in [1.29, 1.82) is 0 Å². The van der Waals surface area contributed by atoms with Gasteiger partial charge in [-0.15, -0.1) is 0 Å². The Hall–Kier alpha value is -1.41. The molecule has 0 aliphatic carbocycles. The zero-order chi connectivity index (χ0) is 17.7. The van der Waals surface area contributed by atoms with Gasteiger partial charge in [-0.1, -0.05) is 0 Å². The third kappa shape index (κ3) is 2.89. The van der Waals surface area contributed by atoms with Crippen LogP contribution in [0.5, 0.6) is 0 Å². The van der Waals surface area contributed by atoms with Crippen LogP contribution in [-0.4, -0.2) is 40.7 Å². The molecule has 2 heterocycles. The van der Waals surface area contributed by atoms with Gasteiger partial charge in [0.05, 0.1) is 0 Å². The van der Waals surface area contributed by atoms with Crippen LogP contribution in [0.3, 0.4) is 0 Å². The first kappa shape index (κ1) is 15.1. The molecule has 0 atom stereocenters. The van der Waals surface area contributed by atoms with E-state index in [4.69, 9.17) is 1.37 Å². The van der Waals surface area contributed by atoms with Crippen molar-refractivity contribution in [2.75, 3.05) is 0 Å². The molecule has 0 amide bonds. The molecule has 2 aromatic heterocycles. The second-order valence-corrected chi connectivity index (χ2v) is 22.8. The molecule has 0 unspecified atom stereocenters. The molecule has 0 radical (unpaired) electrons. The van der Waals surface area contributed by atoms with E-state index in [1.807, 2.05) is 6.92 Å². The number of aryl methyl sites for hydroxylation is 1.